The van der Waals surface area contributed by atoms with E-state index in [1.54, 1.807) is 19.2 Å². The van der Waals surface area contributed by atoms with Gasteiger partial charge >= 0.3 is 0 Å². The summed E-state index contributed by atoms with van der Waals surface area (Å²) >= 11 is 0. The van der Waals surface area contributed by atoms with Crippen LogP contribution in [0.1, 0.15) is 11.3 Å². The number of hydrogen-bond donors (Lipinski definition) is 2. The molecule has 1 aromatic heterocycles. The van der Waals surface area contributed by atoms with Crippen LogP contribution < -0.4 is 15.4 Å². The van der Waals surface area contributed by atoms with Gasteiger partial charge in [0.05, 0.1) is 19.9 Å². The Morgan fingerprint density at radius 2 is 2.25 bits per heavy atom. The van der Waals surface area contributed by atoms with Crippen molar-refractivity contribution in [1.29, 1.82) is 5.26 Å². The molecule has 0 aliphatic carbocycles. The molecule has 0 fully saturated rings. The van der Waals surface area contributed by atoms with Gasteiger partial charge < -0.3 is 19.8 Å². The zero-order valence-electron chi connectivity index (χ0n) is 13.4. The highest BCUT2D eigenvalue weighted by molar-refractivity contribution is 5.97. The van der Waals surface area contributed by atoms with Crippen LogP contribution in [0.3, 0.4) is 0 Å². The van der Waals surface area contributed by atoms with Gasteiger partial charge in [0, 0.05) is 12.7 Å². The van der Waals surface area contributed by atoms with Crippen molar-refractivity contribution in [3.63, 3.8) is 0 Å². The number of amides is 1. The first-order valence-electron chi connectivity index (χ1n) is 7.50. The quantitative estimate of drug-likeness (QED) is 0.441. The molecule has 0 aliphatic rings. The van der Waals surface area contributed by atoms with Crippen LogP contribution in [-0.4, -0.2) is 19.6 Å². The minimum Gasteiger partial charge on any atom is -0.497 e. The molecule has 124 valence electrons. The highest BCUT2D eigenvalue weighted by atomic mass is 16.5. The van der Waals surface area contributed by atoms with E-state index in [9.17, 15) is 4.79 Å². The van der Waals surface area contributed by atoms with E-state index in [4.69, 9.17) is 14.4 Å². The van der Waals surface area contributed by atoms with Crippen molar-refractivity contribution < 1.29 is 13.9 Å². The van der Waals surface area contributed by atoms with Crippen LogP contribution >= 0.6 is 0 Å². The summed E-state index contributed by atoms with van der Waals surface area (Å²) < 4.78 is 10.3. The maximum absolute atomic E-state index is 11.9. The topological polar surface area (TPSA) is 87.3 Å². The normalized spacial score (nSPS) is 10.8. The maximum Gasteiger partial charge on any atom is 0.263 e. The molecule has 1 heterocycles. The van der Waals surface area contributed by atoms with Crippen LogP contribution in [0.5, 0.6) is 5.75 Å². The number of carbonyl (C=O) groups excluding carboxylic acids is 1. The lowest BCUT2D eigenvalue weighted by atomic mass is 10.1. The summed E-state index contributed by atoms with van der Waals surface area (Å²) in [5.41, 5.74) is 1.13. The van der Waals surface area contributed by atoms with E-state index < -0.39 is 5.91 Å². The minimum absolute atomic E-state index is 0.0206. The Bertz CT molecular complexity index is 730. The predicted molar refractivity (Wildman–Crippen MR) is 89.0 cm³/mol. The molecule has 0 atom stereocenters. The number of furan rings is 1. The molecule has 2 aromatic rings. The molecule has 6 heteroatoms. The molecule has 1 amide bonds. The van der Waals surface area contributed by atoms with Crippen molar-refractivity contribution >= 4 is 5.91 Å². The number of nitrogens with one attached hydrogen (secondary N) is 2. The molecule has 2 rings (SSSR count). The number of ether oxygens (including phenoxy) is 1. The SMILES string of the molecule is COc1cccc(CCN/C=C(/C#N)C(=O)NCc2ccco2)c1. The lowest BCUT2D eigenvalue weighted by Crippen LogP contribution is -2.25. The van der Waals surface area contributed by atoms with Crippen molar-refractivity contribution in [3.8, 4) is 11.8 Å². The van der Waals surface area contributed by atoms with E-state index >= 15 is 0 Å². The van der Waals surface area contributed by atoms with Crippen LogP contribution in [0.2, 0.25) is 0 Å². The number of hydrogen-bond acceptors (Lipinski definition) is 5. The molecular formula is C18H19N3O3. The number of nitrogens with zero attached hydrogens (tertiary/aromatic N) is 1. The minimum atomic E-state index is -0.442. The largest absolute Gasteiger partial charge is 0.497 e. The Kier molecular flexibility index (Phi) is 6.47. The molecule has 0 saturated carbocycles. The number of nitriles is 1. The molecule has 0 saturated heterocycles. The van der Waals surface area contributed by atoms with Gasteiger partial charge in [-0.15, -0.1) is 0 Å². The molecule has 0 bridgehead atoms. The molecule has 0 unspecified atom stereocenters. The summed E-state index contributed by atoms with van der Waals surface area (Å²) in [4.78, 5) is 11.9. The first kappa shape index (κ1) is 17.2. The van der Waals surface area contributed by atoms with Crippen LogP contribution in [0, 0.1) is 11.3 Å². The average molecular weight is 325 g/mol. The zero-order chi connectivity index (χ0) is 17.2. The molecule has 2 N–H and O–H groups in total. The van der Waals surface area contributed by atoms with Gasteiger partial charge in [0.1, 0.15) is 23.2 Å². The lowest BCUT2D eigenvalue weighted by molar-refractivity contribution is -0.117. The lowest BCUT2D eigenvalue weighted by Gasteiger charge is -2.05. The van der Waals surface area contributed by atoms with E-state index in [-0.39, 0.29) is 12.1 Å². The number of rotatable bonds is 8. The standard InChI is InChI=1S/C18H19N3O3/c1-23-16-5-2-4-14(10-16)7-8-20-12-15(11-19)18(22)21-13-17-6-3-9-24-17/h2-6,9-10,12,20H,7-8,13H2,1H3,(H,21,22)/b15-12-. The molecule has 0 spiro atoms. The molecular weight excluding hydrogens is 306 g/mol. The number of methoxy groups -OCH3 is 1. The van der Waals surface area contributed by atoms with Gasteiger partial charge in [-0.05, 0) is 36.2 Å². The summed E-state index contributed by atoms with van der Waals surface area (Å²) in [6.07, 6.45) is 3.71. The van der Waals surface area contributed by atoms with Crippen molar-refractivity contribution in [1.82, 2.24) is 10.6 Å². The molecule has 0 aliphatic heterocycles. The zero-order valence-corrected chi connectivity index (χ0v) is 13.4. The van der Waals surface area contributed by atoms with Crippen molar-refractivity contribution in [2.45, 2.75) is 13.0 Å². The highest BCUT2D eigenvalue weighted by Gasteiger charge is 2.08. The van der Waals surface area contributed by atoms with Gasteiger partial charge in [-0.3, -0.25) is 4.79 Å². The average Bonchev–Trinajstić information content (AvgIpc) is 3.13. The summed E-state index contributed by atoms with van der Waals surface area (Å²) in [5, 5.41) is 14.7. The second-order valence-corrected chi connectivity index (χ2v) is 4.99. The Morgan fingerprint density at radius 3 is 2.96 bits per heavy atom. The summed E-state index contributed by atoms with van der Waals surface area (Å²) in [7, 11) is 1.63. The van der Waals surface area contributed by atoms with Gasteiger partial charge in [0.25, 0.3) is 5.91 Å². The van der Waals surface area contributed by atoms with Crippen LogP contribution in [0.25, 0.3) is 0 Å². The van der Waals surface area contributed by atoms with E-state index in [2.05, 4.69) is 10.6 Å². The van der Waals surface area contributed by atoms with Crippen LogP contribution in [-0.2, 0) is 17.8 Å². The number of carbonyl (C=O) groups is 1. The van der Waals surface area contributed by atoms with E-state index in [0.717, 1.165) is 17.7 Å². The van der Waals surface area contributed by atoms with Gasteiger partial charge in [-0.25, -0.2) is 0 Å². The Balaban J connectivity index is 1.79. The second kappa shape index (κ2) is 9.06. The predicted octanol–water partition coefficient (Wildman–Crippen LogP) is 2.14. The van der Waals surface area contributed by atoms with E-state index in [1.165, 1.54) is 12.5 Å². The van der Waals surface area contributed by atoms with Crippen LogP contribution in [0.4, 0.5) is 0 Å². The van der Waals surface area contributed by atoms with Gasteiger partial charge in [0.15, 0.2) is 0 Å². The molecule has 0 radical (unpaired) electrons. The van der Waals surface area contributed by atoms with E-state index in [1.807, 2.05) is 30.3 Å². The fraction of sp³-hybridized carbons (Fsp3) is 0.222. The Hall–Kier alpha value is -3.20. The van der Waals surface area contributed by atoms with Crippen molar-refractivity contribution in [2.75, 3.05) is 13.7 Å². The van der Waals surface area contributed by atoms with Gasteiger partial charge in [-0.1, -0.05) is 12.1 Å². The first-order valence-corrected chi connectivity index (χ1v) is 7.50. The third-order valence-corrected chi connectivity index (χ3v) is 3.31. The van der Waals surface area contributed by atoms with Gasteiger partial charge in [0.2, 0.25) is 0 Å². The highest BCUT2D eigenvalue weighted by Crippen LogP contribution is 2.12. The Morgan fingerprint density at radius 1 is 1.38 bits per heavy atom. The third-order valence-electron chi connectivity index (χ3n) is 3.31. The monoisotopic (exact) mass is 325 g/mol. The second-order valence-electron chi connectivity index (χ2n) is 4.99. The summed E-state index contributed by atoms with van der Waals surface area (Å²) in [6.45, 7) is 0.846. The fourth-order valence-electron chi connectivity index (χ4n) is 2.04. The first-order chi connectivity index (χ1) is 11.7. The maximum atomic E-state index is 11.9. The van der Waals surface area contributed by atoms with Crippen LogP contribution in [0.15, 0.2) is 58.9 Å². The van der Waals surface area contributed by atoms with Crippen molar-refractivity contribution in [2.24, 2.45) is 0 Å². The smallest absolute Gasteiger partial charge is 0.263 e. The van der Waals surface area contributed by atoms with E-state index in [0.29, 0.717) is 12.3 Å². The number of benzene rings is 1. The molecule has 6 nitrogen and oxygen atoms in total. The summed E-state index contributed by atoms with van der Waals surface area (Å²) in [6, 6.07) is 13.1. The van der Waals surface area contributed by atoms with Gasteiger partial charge in [-0.2, -0.15) is 5.26 Å². The summed E-state index contributed by atoms with van der Waals surface area (Å²) in [5.74, 6) is 0.993. The fourth-order valence-corrected chi connectivity index (χ4v) is 2.04. The Labute approximate surface area is 140 Å². The molecule has 1 aromatic carbocycles. The van der Waals surface area contributed by atoms with Crippen molar-refractivity contribution in [3.05, 3.63) is 65.8 Å². The molecule has 24 heavy (non-hydrogen) atoms. The third kappa shape index (κ3) is 5.21.